The summed E-state index contributed by atoms with van der Waals surface area (Å²) in [5.74, 6) is 0.389. The molecule has 0 aliphatic heterocycles. The molecular formula is C23H28N4O3S. The fraction of sp³-hybridized carbons (Fsp3) is 0.304. The topological polar surface area (TPSA) is 110 Å². The molecule has 7 nitrogen and oxygen atoms in total. The predicted molar refractivity (Wildman–Crippen MR) is 128 cm³/mol. The number of H-pyrrole nitrogens is 1. The molecule has 0 aliphatic carbocycles. The van der Waals surface area contributed by atoms with Crippen LogP contribution in [0.4, 0.5) is 11.5 Å². The van der Waals surface area contributed by atoms with E-state index in [1.807, 2.05) is 55.8 Å². The van der Waals surface area contributed by atoms with E-state index in [2.05, 4.69) is 16.6 Å². The van der Waals surface area contributed by atoms with E-state index < -0.39 is 15.3 Å². The molecule has 31 heavy (non-hydrogen) atoms. The molecule has 0 radical (unpaired) electrons. The number of rotatable bonds is 7. The van der Waals surface area contributed by atoms with Crippen molar-refractivity contribution in [3.63, 3.8) is 0 Å². The second-order valence-electron chi connectivity index (χ2n) is 8.71. The number of ketones is 1. The Morgan fingerprint density at radius 2 is 1.94 bits per heavy atom. The Morgan fingerprint density at radius 3 is 2.58 bits per heavy atom. The maximum atomic E-state index is 12.5. The molecule has 8 heteroatoms. The number of nitrogen functional groups attached to an aromatic ring is 1. The molecule has 0 bridgehead atoms. The number of benzene rings is 1. The lowest BCUT2D eigenvalue weighted by Gasteiger charge is -2.15. The molecule has 2 heterocycles. The smallest absolute Gasteiger partial charge is 0.171 e. The van der Waals surface area contributed by atoms with Gasteiger partial charge in [0.1, 0.15) is 9.84 Å². The number of carbonyl (C=O) groups is 1. The normalized spacial score (nSPS) is 12.6. The van der Waals surface area contributed by atoms with Crippen LogP contribution in [-0.4, -0.2) is 42.0 Å². The van der Waals surface area contributed by atoms with Crippen LogP contribution in [0.1, 0.15) is 36.7 Å². The molecule has 0 saturated heterocycles. The predicted octanol–water partition coefficient (Wildman–Crippen LogP) is 4.24. The van der Waals surface area contributed by atoms with Crippen molar-refractivity contribution in [1.82, 2.24) is 9.55 Å². The van der Waals surface area contributed by atoms with Crippen molar-refractivity contribution < 1.29 is 13.2 Å². The number of nitrogens with two attached hydrogens (primary N) is 1. The van der Waals surface area contributed by atoms with Crippen LogP contribution in [0.15, 0.2) is 48.2 Å². The molecule has 2 aromatic heterocycles. The lowest BCUT2D eigenvalue weighted by molar-refractivity contribution is 0.0859. The number of aryl methyl sites for hydroxylation is 1. The summed E-state index contributed by atoms with van der Waals surface area (Å²) >= 11 is 0. The van der Waals surface area contributed by atoms with Gasteiger partial charge >= 0.3 is 0 Å². The number of hydrogen-bond donors (Lipinski definition) is 2. The minimum absolute atomic E-state index is 0.0509. The van der Waals surface area contributed by atoms with E-state index in [1.165, 1.54) is 6.26 Å². The molecule has 0 atom stereocenters. The lowest BCUT2D eigenvalue weighted by Crippen LogP contribution is -2.20. The van der Waals surface area contributed by atoms with Crippen molar-refractivity contribution in [2.75, 3.05) is 17.7 Å². The number of anilines is 1. The highest BCUT2D eigenvalue weighted by Gasteiger charge is 2.26. The van der Waals surface area contributed by atoms with Crippen LogP contribution in [0.3, 0.4) is 0 Å². The van der Waals surface area contributed by atoms with E-state index in [1.54, 1.807) is 12.4 Å². The van der Waals surface area contributed by atoms with E-state index >= 15 is 0 Å². The first-order chi connectivity index (χ1) is 14.4. The molecule has 0 saturated carbocycles. The number of allylic oxidation sites excluding steroid dienone is 1. The van der Waals surface area contributed by atoms with Crippen molar-refractivity contribution >= 4 is 49.8 Å². The second-order valence-corrected chi connectivity index (χ2v) is 11.0. The van der Waals surface area contributed by atoms with Gasteiger partial charge in [0.2, 0.25) is 0 Å². The Bertz CT molecular complexity index is 1290. The first-order valence-electron chi connectivity index (χ1n) is 9.89. The number of Topliss-reactive ketones (excluding diaryl/α,β-unsaturated/α-hetero) is 1. The van der Waals surface area contributed by atoms with Gasteiger partial charge in [-0.25, -0.2) is 13.4 Å². The van der Waals surface area contributed by atoms with E-state index in [9.17, 15) is 13.2 Å². The van der Waals surface area contributed by atoms with Gasteiger partial charge in [-0.2, -0.15) is 0 Å². The minimum Gasteiger partial charge on any atom is -0.395 e. The van der Waals surface area contributed by atoms with Crippen molar-refractivity contribution in [2.45, 2.75) is 27.3 Å². The number of sulfone groups is 1. The van der Waals surface area contributed by atoms with Crippen molar-refractivity contribution in [3.05, 3.63) is 54.4 Å². The summed E-state index contributed by atoms with van der Waals surface area (Å²) in [6, 6.07) is 7.74. The molecule has 3 N–H and O–H groups in total. The largest absolute Gasteiger partial charge is 0.395 e. The number of aliphatic imine (C=N–C) groups is 1. The van der Waals surface area contributed by atoms with Crippen molar-refractivity contribution in [3.8, 4) is 0 Å². The highest BCUT2D eigenvalue weighted by molar-refractivity contribution is 7.90. The summed E-state index contributed by atoms with van der Waals surface area (Å²) in [5.41, 5.74) is 8.74. The molecular weight excluding hydrogens is 412 g/mol. The van der Waals surface area contributed by atoms with E-state index in [0.29, 0.717) is 29.2 Å². The van der Waals surface area contributed by atoms with Gasteiger partial charge in [-0.1, -0.05) is 45.5 Å². The number of hydrogen-bond acceptors (Lipinski definition) is 5. The SMILES string of the molecule is C=C(/C=N\c1[nH]cc(C(=O)C(C)(C)C)c1N)c1cn(CCS(C)(=O)=O)c2ccccc12. The van der Waals surface area contributed by atoms with E-state index in [0.717, 1.165) is 16.5 Å². The Kier molecular flexibility index (Phi) is 5.96. The lowest BCUT2D eigenvalue weighted by atomic mass is 9.87. The standard InChI is InChI=1S/C23H28N4O3S/c1-15(12-25-22-20(24)17(13-26-22)21(28)23(2,3)4)18-14-27(10-11-31(5,29)30)19-9-7-6-8-16(18)19/h6-9,12-14,26H,1,10-11,24H2,2-5H3/b25-12-. The van der Waals surface area contributed by atoms with Crippen LogP contribution in [0.5, 0.6) is 0 Å². The first kappa shape index (κ1) is 22.6. The van der Waals surface area contributed by atoms with Crippen LogP contribution >= 0.6 is 0 Å². The Balaban J connectivity index is 1.90. The number of aromatic amines is 1. The van der Waals surface area contributed by atoms with Gasteiger partial charge in [0.15, 0.2) is 11.6 Å². The molecule has 3 rings (SSSR count). The van der Waals surface area contributed by atoms with Crippen LogP contribution < -0.4 is 5.73 Å². The van der Waals surface area contributed by atoms with Gasteiger partial charge in [0.05, 0.1) is 17.0 Å². The number of nitrogens with zero attached hydrogens (tertiary/aromatic N) is 2. The zero-order chi connectivity index (χ0) is 23.0. The Hall–Kier alpha value is -3.13. The number of fused-ring (bicyclic) bond motifs is 1. The van der Waals surface area contributed by atoms with Gasteiger partial charge in [-0.15, -0.1) is 0 Å². The zero-order valence-electron chi connectivity index (χ0n) is 18.3. The third-order valence-corrected chi connectivity index (χ3v) is 5.94. The summed E-state index contributed by atoms with van der Waals surface area (Å²) in [4.78, 5) is 19.9. The Morgan fingerprint density at radius 1 is 1.26 bits per heavy atom. The molecule has 0 spiro atoms. The highest BCUT2D eigenvalue weighted by Crippen LogP contribution is 2.31. The zero-order valence-corrected chi connectivity index (χ0v) is 19.1. The average Bonchev–Trinajstić information content (AvgIpc) is 3.23. The fourth-order valence-corrected chi connectivity index (χ4v) is 3.81. The third kappa shape index (κ3) is 4.96. The van der Waals surface area contributed by atoms with Gasteiger partial charge in [0.25, 0.3) is 0 Å². The van der Waals surface area contributed by atoms with E-state index in [4.69, 9.17) is 5.73 Å². The van der Waals surface area contributed by atoms with Gasteiger partial charge in [-0.3, -0.25) is 4.79 Å². The number of carbonyl (C=O) groups excluding carboxylic acids is 1. The van der Waals surface area contributed by atoms with Crippen LogP contribution in [0, 0.1) is 5.41 Å². The van der Waals surface area contributed by atoms with Crippen molar-refractivity contribution in [1.29, 1.82) is 0 Å². The number of aromatic nitrogens is 2. The van der Waals surface area contributed by atoms with Gasteiger partial charge < -0.3 is 15.3 Å². The molecule has 1 aromatic carbocycles. The molecule has 164 valence electrons. The summed E-state index contributed by atoms with van der Waals surface area (Å²) in [6.07, 6.45) is 6.28. The average molecular weight is 441 g/mol. The summed E-state index contributed by atoms with van der Waals surface area (Å²) in [5, 5.41) is 0.954. The Labute approximate surface area is 182 Å². The van der Waals surface area contributed by atoms with Crippen molar-refractivity contribution in [2.24, 2.45) is 10.4 Å². The molecule has 3 aromatic rings. The highest BCUT2D eigenvalue weighted by atomic mass is 32.2. The first-order valence-corrected chi connectivity index (χ1v) is 11.9. The van der Waals surface area contributed by atoms with Gasteiger partial charge in [0, 0.05) is 53.3 Å². The number of nitrogens with one attached hydrogen (secondary N) is 1. The molecule has 0 fully saturated rings. The van der Waals surface area contributed by atoms with Crippen LogP contribution in [-0.2, 0) is 16.4 Å². The minimum atomic E-state index is -3.08. The van der Waals surface area contributed by atoms with Crippen LogP contribution in [0.2, 0.25) is 0 Å². The second kappa shape index (κ2) is 8.19. The molecule has 0 unspecified atom stereocenters. The monoisotopic (exact) mass is 440 g/mol. The molecule has 0 aliphatic rings. The van der Waals surface area contributed by atoms with Crippen LogP contribution in [0.25, 0.3) is 16.5 Å². The van der Waals surface area contributed by atoms with Gasteiger partial charge in [-0.05, 0) is 11.6 Å². The summed E-state index contributed by atoms with van der Waals surface area (Å²) < 4.78 is 25.1. The molecule has 0 amide bonds. The maximum absolute atomic E-state index is 12.5. The quantitative estimate of drug-likeness (QED) is 0.423. The maximum Gasteiger partial charge on any atom is 0.171 e. The fourth-order valence-electron chi connectivity index (χ4n) is 3.29. The third-order valence-electron chi connectivity index (χ3n) is 5.01. The number of para-hydroxylation sites is 1. The van der Waals surface area contributed by atoms with E-state index in [-0.39, 0.29) is 11.5 Å². The summed E-state index contributed by atoms with van der Waals surface area (Å²) in [6.45, 7) is 9.99. The summed E-state index contributed by atoms with van der Waals surface area (Å²) in [7, 11) is -3.08.